The van der Waals surface area contributed by atoms with Crippen LogP contribution < -0.4 is 9.61 Å². The van der Waals surface area contributed by atoms with E-state index < -0.39 is 5.97 Å². The van der Waals surface area contributed by atoms with E-state index in [1.807, 2.05) is 36.4 Å². The summed E-state index contributed by atoms with van der Waals surface area (Å²) in [6.45, 7) is 0.697. The third kappa shape index (κ3) is 5.27. The summed E-state index contributed by atoms with van der Waals surface area (Å²) < 4.78 is 12.8. The minimum Gasteiger partial charge on any atom is -0.492 e. The quantitative estimate of drug-likeness (QED) is 0.219. The van der Waals surface area contributed by atoms with Gasteiger partial charge in [0, 0.05) is 17.2 Å². The Hall–Kier alpha value is -3.97. The van der Waals surface area contributed by atoms with Gasteiger partial charge in [0.1, 0.15) is 12.4 Å². The lowest BCUT2D eigenvalue weighted by Gasteiger charge is -2.08. The van der Waals surface area contributed by atoms with E-state index in [1.54, 1.807) is 47.0 Å². The number of fused-ring (bicyclic) bond motifs is 1. The van der Waals surface area contributed by atoms with Gasteiger partial charge in [-0.25, -0.2) is 4.79 Å². The van der Waals surface area contributed by atoms with Gasteiger partial charge >= 0.3 is 10.8 Å². The van der Waals surface area contributed by atoms with Crippen LogP contribution in [0.5, 0.6) is 5.75 Å². The highest BCUT2D eigenvalue weighted by atomic mass is 32.1. The first-order chi connectivity index (χ1) is 16.0. The summed E-state index contributed by atoms with van der Waals surface area (Å²) in [6, 6.07) is 21.7. The van der Waals surface area contributed by atoms with E-state index in [2.05, 4.69) is 4.74 Å². The topological polar surface area (TPSA) is 74.6 Å². The van der Waals surface area contributed by atoms with E-state index in [0.717, 1.165) is 27.1 Å². The number of esters is 1. The minimum absolute atomic E-state index is 0.0712. The number of methoxy groups -OCH3 is 1. The molecule has 0 unspecified atom stereocenters. The molecule has 0 N–H and O–H groups in total. The summed E-state index contributed by atoms with van der Waals surface area (Å²) in [7, 11) is 1.33. The summed E-state index contributed by atoms with van der Waals surface area (Å²) in [4.78, 5) is 36.3. The molecule has 7 heteroatoms. The summed E-state index contributed by atoms with van der Waals surface area (Å²) in [5.74, 6) is 0.173. The van der Waals surface area contributed by atoms with E-state index in [-0.39, 0.29) is 10.7 Å². The molecule has 0 aliphatic rings. The third-order valence-electron chi connectivity index (χ3n) is 5.04. The lowest BCUT2D eigenvalue weighted by Crippen LogP contribution is -2.17. The van der Waals surface area contributed by atoms with Gasteiger partial charge in [0.2, 0.25) is 0 Å². The summed E-state index contributed by atoms with van der Waals surface area (Å²) in [6.07, 6.45) is 3.01. The molecule has 6 nitrogen and oxygen atoms in total. The fraction of sp³-hybridized carbons (Fsp3) is 0.115. The van der Waals surface area contributed by atoms with Crippen LogP contribution >= 0.6 is 11.3 Å². The maximum absolute atomic E-state index is 12.7. The molecule has 0 saturated carbocycles. The maximum Gasteiger partial charge on any atom is 0.330 e. The molecule has 4 rings (SSSR count). The first-order valence-corrected chi connectivity index (χ1v) is 11.1. The van der Waals surface area contributed by atoms with Crippen molar-refractivity contribution < 1.29 is 19.1 Å². The molecule has 1 aromatic heterocycles. The molecule has 4 aromatic rings. The molecule has 3 aromatic carbocycles. The Labute approximate surface area is 194 Å². The van der Waals surface area contributed by atoms with Gasteiger partial charge in [0.05, 0.1) is 23.9 Å². The number of rotatable bonds is 8. The minimum atomic E-state index is -0.416. The van der Waals surface area contributed by atoms with Crippen LogP contribution in [0.1, 0.15) is 21.5 Å². The van der Waals surface area contributed by atoms with Crippen molar-refractivity contribution >= 4 is 39.4 Å². The second-order valence-corrected chi connectivity index (χ2v) is 8.16. The molecule has 0 spiro atoms. The van der Waals surface area contributed by atoms with Crippen LogP contribution in [0.25, 0.3) is 16.3 Å². The fourth-order valence-corrected chi connectivity index (χ4v) is 4.29. The van der Waals surface area contributed by atoms with Crippen molar-refractivity contribution in [2.24, 2.45) is 0 Å². The van der Waals surface area contributed by atoms with Crippen LogP contribution in [0.3, 0.4) is 0 Å². The van der Waals surface area contributed by atoms with Crippen LogP contribution in [-0.4, -0.2) is 30.0 Å². The van der Waals surface area contributed by atoms with Gasteiger partial charge in [-0.3, -0.25) is 14.2 Å². The molecular formula is C26H21NO5S. The molecule has 0 atom stereocenters. The highest BCUT2D eigenvalue weighted by Crippen LogP contribution is 2.21. The van der Waals surface area contributed by atoms with E-state index in [9.17, 15) is 14.4 Å². The van der Waals surface area contributed by atoms with E-state index in [1.165, 1.54) is 13.2 Å². The zero-order valence-electron chi connectivity index (χ0n) is 17.9. The van der Waals surface area contributed by atoms with Crippen molar-refractivity contribution in [1.29, 1.82) is 0 Å². The second-order valence-electron chi connectivity index (χ2n) is 7.17. The molecule has 1 heterocycles. The zero-order valence-corrected chi connectivity index (χ0v) is 18.7. The van der Waals surface area contributed by atoms with Crippen LogP contribution in [0.15, 0.2) is 83.7 Å². The average molecular weight is 460 g/mol. The van der Waals surface area contributed by atoms with E-state index in [4.69, 9.17) is 4.74 Å². The molecule has 0 aliphatic heterocycles. The van der Waals surface area contributed by atoms with Crippen molar-refractivity contribution in [2.45, 2.75) is 6.54 Å². The molecule has 166 valence electrons. The smallest absolute Gasteiger partial charge is 0.330 e. The molecule has 0 saturated heterocycles. The standard InChI is InChI=1S/C26H21NO5S/c1-31-24(28)14-9-18-7-11-21(12-8-18)32-16-15-27-22-13-10-20(17-23(22)33-26(27)30)25(29)19-5-3-2-4-6-19/h2-14,17H,15-16H2,1H3/b14-9+. The van der Waals surface area contributed by atoms with Crippen LogP contribution in [0, 0.1) is 0 Å². The summed E-state index contributed by atoms with van der Waals surface area (Å²) >= 11 is 1.12. The molecule has 0 bridgehead atoms. The van der Waals surface area contributed by atoms with Gasteiger partial charge < -0.3 is 9.47 Å². The molecule has 0 aliphatic carbocycles. The van der Waals surface area contributed by atoms with Gasteiger partial charge in [-0.05, 0) is 42.0 Å². The largest absolute Gasteiger partial charge is 0.492 e. The van der Waals surface area contributed by atoms with Crippen LogP contribution in [0.4, 0.5) is 0 Å². The van der Waals surface area contributed by atoms with Gasteiger partial charge in [-0.2, -0.15) is 0 Å². The number of hydrogen-bond acceptors (Lipinski definition) is 6. The second kappa shape index (κ2) is 10.1. The van der Waals surface area contributed by atoms with Gasteiger partial charge in [-0.1, -0.05) is 53.8 Å². The lowest BCUT2D eigenvalue weighted by molar-refractivity contribution is -0.134. The Bertz CT molecular complexity index is 1370. The van der Waals surface area contributed by atoms with Gasteiger partial charge in [-0.15, -0.1) is 0 Å². The monoisotopic (exact) mass is 459 g/mol. The Balaban J connectivity index is 1.42. The van der Waals surface area contributed by atoms with Crippen molar-refractivity contribution in [3.63, 3.8) is 0 Å². The molecular weight excluding hydrogens is 438 g/mol. The van der Waals surface area contributed by atoms with Crippen LogP contribution in [0.2, 0.25) is 0 Å². The average Bonchev–Trinajstić information content (AvgIpc) is 3.17. The van der Waals surface area contributed by atoms with E-state index >= 15 is 0 Å². The Kier molecular flexibility index (Phi) is 6.80. The number of aromatic nitrogens is 1. The highest BCUT2D eigenvalue weighted by molar-refractivity contribution is 7.16. The Morgan fingerprint density at radius 3 is 2.45 bits per heavy atom. The van der Waals surface area contributed by atoms with Crippen LogP contribution in [-0.2, 0) is 16.1 Å². The number of carbonyl (C=O) groups is 2. The van der Waals surface area contributed by atoms with E-state index in [0.29, 0.717) is 30.0 Å². The fourth-order valence-electron chi connectivity index (χ4n) is 3.34. The van der Waals surface area contributed by atoms with Crippen molar-refractivity contribution in [3.8, 4) is 5.75 Å². The molecule has 0 fully saturated rings. The normalized spacial score (nSPS) is 11.1. The number of carbonyl (C=O) groups excluding carboxylic acids is 2. The molecule has 0 radical (unpaired) electrons. The molecule has 33 heavy (non-hydrogen) atoms. The van der Waals surface area contributed by atoms with Crippen molar-refractivity contribution in [1.82, 2.24) is 4.57 Å². The van der Waals surface area contributed by atoms with Crippen molar-refractivity contribution in [3.05, 3.63) is 105 Å². The van der Waals surface area contributed by atoms with Gasteiger partial charge in [0.25, 0.3) is 0 Å². The Morgan fingerprint density at radius 1 is 0.970 bits per heavy atom. The van der Waals surface area contributed by atoms with Gasteiger partial charge in [0.15, 0.2) is 5.78 Å². The first-order valence-electron chi connectivity index (χ1n) is 10.3. The third-order valence-corrected chi connectivity index (χ3v) is 5.99. The molecule has 0 amide bonds. The number of ether oxygens (including phenoxy) is 2. The SMILES string of the molecule is COC(=O)/C=C/c1ccc(OCCn2c(=O)sc3cc(C(=O)c4ccccc4)ccc32)cc1. The number of hydrogen-bond donors (Lipinski definition) is 0. The summed E-state index contributed by atoms with van der Waals surface area (Å²) in [5.41, 5.74) is 2.79. The number of thiazole rings is 1. The highest BCUT2D eigenvalue weighted by Gasteiger charge is 2.13. The Morgan fingerprint density at radius 2 is 1.73 bits per heavy atom. The number of ketones is 1. The first kappa shape index (κ1) is 22.2. The summed E-state index contributed by atoms with van der Waals surface area (Å²) in [5, 5.41) is 0. The maximum atomic E-state index is 12.7. The lowest BCUT2D eigenvalue weighted by atomic mass is 10.0. The predicted molar refractivity (Wildman–Crippen MR) is 129 cm³/mol. The number of nitrogens with zero attached hydrogens (tertiary/aromatic N) is 1. The predicted octanol–water partition coefficient (Wildman–Crippen LogP) is 4.56. The zero-order chi connectivity index (χ0) is 23.2. The van der Waals surface area contributed by atoms with Crippen molar-refractivity contribution in [2.75, 3.05) is 13.7 Å². The number of benzene rings is 3.